The summed E-state index contributed by atoms with van der Waals surface area (Å²) in [6.07, 6.45) is 3.31. The average Bonchev–Trinajstić information content (AvgIpc) is 2.45. The monoisotopic (exact) mass is 342 g/mol. The summed E-state index contributed by atoms with van der Waals surface area (Å²) in [5, 5.41) is 1.01. The number of hydrogen-bond acceptors (Lipinski definition) is 2. The second kappa shape index (κ2) is 10.2. The van der Waals surface area contributed by atoms with Crippen LogP contribution in [0.3, 0.4) is 0 Å². The SMILES string of the molecule is COc1cccc(CC(CBr)CCOCCC(C)C)c1. The lowest BCUT2D eigenvalue weighted by Crippen LogP contribution is -2.11. The van der Waals surface area contributed by atoms with Crippen LogP contribution in [0.5, 0.6) is 5.75 Å². The van der Waals surface area contributed by atoms with Crippen LogP contribution in [0, 0.1) is 11.8 Å². The molecule has 3 heteroatoms. The van der Waals surface area contributed by atoms with E-state index in [1.54, 1.807) is 7.11 Å². The fourth-order valence-corrected chi connectivity index (χ4v) is 2.59. The molecule has 0 amide bonds. The summed E-state index contributed by atoms with van der Waals surface area (Å²) in [7, 11) is 1.71. The first-order chi connectivity index (χ1) is 9.65. The Hall–Kier alpha value is -0.540. The second-order valence-electron chi connectivity index (χ2n) is 5.66. The van der Waals surface area contributed by atoms with Gasteiger partial charge >= 0.3 is 0 Å². The Bertz CT molecular complexity index is 366. The fraction of sp³-hybridized carbons (Fsp3) is 0.647. The Morgan fingerprint density at radius 2 is 1.90 bits per heavy atom. The first kappa shape index (κ1) is 17.5. The van der Waals surface area contributed by atoms with Gasteiger partial charge in [-0.25, -0.2) is 0 Å². The standard InChI is InChI=1S/C17H27BrO2/c1-14(2)7-9-20-10-8-16(13-18)11-15-5-4-6-17(12-15)19-3/h4-6,12,14,16H,7-11,13H2,1-3H3. The summed E-state index contributed by atoms with van der Waals surface area (Å²) in [4.78, 5) is 0. The van der Waals surface area contributed by atoms with E-state index in [0.717, 1.165) is 49.5 Å². The van der Waals surface area contributed by atoms with Crippen LogP contribution in [0.25, 0.3) is 0 Å². The molecule has 1 aromatic carbocycles. The topological polar surface area (TPSA) is 18.5 Å². The van der Waals surface area contributed by atoms with Crippen molar-refractivity contribution in [2.24, 2.45) is 11.8 Å². The quantitative estimate of drug-likeness (QED) is 0.453. The van der Waals surface area contributed by atoms with Crippen LogP contribution >= 0.6 is 15.9 Å². The number of hydrogen-bond donors (Lipinski definition) is 0. The molecule has 20 heavy (non-hydrogen) atoms. The zero-order chi connectivity index (χ0) is 14.8. The third-order valence-electron chi connectivity index (χ3n) is 3.39. The predicted octanol–water partition coefficient (Wildman–Crippen LogP) is 4.70. The van der Waals surface area contributed by atoms with Gasteiger partial charge < -0.3 is 9.47 Å². The second-order valence-corrected chi connectivity index (χ2v) is 6.31. The summed E-state index contributed by atoms with van der Waals surface area (Å²) in [6, 6.07) is 8.33. The third kappa shape index (κ3) is 7.30. The Morgan fingerprint density at radius 1 is 1.15 bits per heavy atom. The van der Waals surface area contributed by atoms with E-state index in [1.165, 1.54) is 5.56 Å². The van der Waals surface area contributed by atoms with E-state index in [1.807, 2.05) is 6.07 Å². The van der Waals surface area contributed by atoms with Crippen molar-refractivity contribution >= 4 is 15.9 Å². The highest BCUT2D eigenvalue weighted by Gasteiger charge is 2.09. The molecule has 2 nitrogen and oxygen atoms in total. The summed E-state index contributed by atoms with van der Waals surface area (Å²) < 4.78 is 11.0. The van der Waals surface area contributed by atoms with Gasteiger partial charge in [0.2, 0.25) is 0 Å². The average molecular weight is 343 g/mol. The van der Waals surface area contributed by atoms with Crippen molar-refractivity contribution in [1.82, 2.24) is 0 Å². The number of benzene rings is 1. The van der Waals surface area contributed by atoms with Crippen LogP contribution in [0.4, 0.5) is 0 Å². The fourth-order valence-electron chi connectivity index (χ4n) is 2.04. The zero-order valence-corrected chi connectivity index (χ0v) is 14.5. The Balaban J connectivity index is 2.31. The number of ether oxygens (including phenoxy) is 2. The van der Waals surface area contributed by atoms with Crippen molar-refractivity contribution in [3.63, 3.8) is 0 Å². The maximum atomic E-state index is 5.71. The molecule has 0 fully saturated rings. The van der Waals surface area contributed by atoms with Crippen molar-refractivity contribution < 1.29 is 9.47 Å². The predicted molar refractivity (Wildman–Crippen MR) is 88.9 cm³/mol. The van der Waals surface area contributed by atoms with Crippen molar-refractivity contribution in [1.29, 1.82) is 0 Å². The molecular formula is C17H27BrO2. The van der Waals surface area contributed by atoms with Crippen LogP contribution in [0.1, 0.15) is 32.3 Å². The summed E-state index contributed by atoms with van der Waals surface area (Å²) in [6.45, 7) is 6.19. The number of methoxy groups -OCH3 is 1. The lowest BCUT2D eigenvalue weighted by Gasteiger charge is -2.15. The molecule has 1 unspecified atom stereocenters. The molecule has 0 saturated carbocycles. The molecule has 0 aliphatic heterocycles. The smallest absolute Gasteiger partial charge is 0.119 e. The minimum atomic E-state index is 0.612. The summed E-state index contributed by atoms with van der Waals surface area (Å²) in [5.74, 6) is 2.27. The summed E-state index contributed by atoms with van der Waals surface area (Å²) >= 11 is 3.61. The molecule has 1 rings (SSSR count). The van der Waals surface area contributed by atoms with Crippen LogP contribution in [-0.2, 0) is 11.2 Å². The van der Waals surface area contributed by atoms with Crippen LogP contribution in [0.15, 0.2) is 24.3 Å². The molecule has 0 aliphatic rings. The first-order valence-corrected chi connectivity index (χ1v) is 8.54. The Morgan fingerprint density at radius 3 is 2.55 bits per heavy atom. The Kier molecular flexibility index (Phi) is 8.95. The van der Waals surface area contributed by atoms with E-state index in [4.69, 9.17) is 9.47 Å². The summed E-state index contributed by atoms with van der Waals surface area (Å²) in [5.41, 5.74) is 1.33. The number of halogens is 1. The maximum Gasteiger partial charge on any atom is 0.119 e. The maximum absolute atomic E-state index is 5.71. The van der Waals surface area contributed by atoms with E-state index in [9.17, 15) is 0 Å². The molecule has 114 valence electrons. The van der Waals surface area contributed by atoms with Crippen molar-refractivity contribution in [3.05, 3.63) is 29.8 Å². The van der Waals surface area contributed by atoms with Gasteiger partial charge in [-0.05, 0) is 48.8 Å². The molecule has 1 atom stereocenters. The van der Waals surface area contributed by atoms with Gasteiger partial charge in [0.1, 0.15) is 5.75 Å². The zero-order valence-electron chi connectivity index (χ0n) is 12.9. The highest BCUT2D eigenvalue weighted by atomic mass is 79.9. The molecule has 0 saturated heterocycles. The van der Waals surface area contributed by atoms with Gasteiger partial charge in [0, 0.05) is 18.5 Å². The highest BCUT2D eigenvalue weighted by molar-refractivity contribution is 9.09. The van der Waals surface area contributed by atoms with E-state index in [2.05, 4.69) is 48.0 Å². The largest absolute Gasteiger partial charge is 0.497 e. The van der Waals surface area contributed by atoms with Crippen LogP contribution < -0.4 is 4.74 Å². The van der Waals surface area contributed by atoms with E-state index < -0.39 is 0 Å². The lowest BCUT2D eigenvalue weighted by atomic mass is 9.98. The van der Waals surface area contributed by atoms with E-state index >= 15 is 0 Å². The van der Waals surface area contributed by atoms with Gasteiger partial charge in [0.05, 0.1) is 7.11 Å². The van der Waals surface area contributed by atoms with Crippen molar-refractivity contribution in [3.8, 4) is 5.75 Å². The molecular weight excluding hydrogens is 316 g/mol. The first-order valence-electron chi connectivity index (χ1n) is 7.42. The van der Waals surface area contributed by atoms with E-state index in [-0.39, 0.29) is 0 Å². The van der Waals surface area contributed by atoms with Crippen LogP contribution in [-0.4, -0.2) is 25.7 Å². The molecule has 0 spiro atoms. The molecule has 0 radical (unpaired) electrons. The molecule has 0 bridgehead atoms. The van der Waals surface area contributed by atoms with Gasteiger partial charge in [-0.2, -0.15) is 0 Å². The van der Waals surface area contributed by atoms with Gasteiger partial charge in [-0.3, -0.25) is 0 Å². The Labute approximate surface area is 132 Å². The molecule has 0 heterocycles. The van der Waals surface area contributed by atoms with Gasteiger partial charge in [0.25, 0.3) is 0 Å². The lowest BCUT2D eigenvalue weighted by molar-refractivity contribution is 0.113. The number of rotatable bonds is 10. The molecule has 0 aromatic heterocycles. The van der Waals surface area contributed by atoms with Gasteiger partial charge in [-0.15, -0.1) is 0 Å². The van der Waals surface area contributed by atoms with Gasteiger partial charge in [-0.1, -0.05) is 41.9 Å². The van der Waals surface area contributed by atoms with Crippen molar-refractivity contribution in [2.45, 2.75) is 33.1 Å². The molecule has 0 N–H and O–H groups in total. The highest BCUT2D eigenvalue weighted by Crippen LogP contribution is 2.19. The minimum absolute atomic E-state index is 0.612. The normalized spacial score (nSPS) is 12.7. The minimum Gasteiger partial charge on any atom is -0.497 e. The molecule has 0 aliphatic carbocycles. The number of alkyl halides is 1. The van der Waals surface area contributed by atoms with Crippen molar-refractivity contribution in [2.75, 3.05) is 25.7 Å². The third-order valence-corrected chi connectivity index (χ3v) is 4.30. The van der Waals surface area contributed by atoms with Crippen LogP contribution in [0.2, 0.25) is 0 Å². The van der Waals surface area contributed by atoms with E-state index in [0.29, 0.717) is 5.92 Å². The van der Waals surface area contributed by atoms with Gasteiger partial charge in [0.15, 0.2) is 0 Å². The molecule has 1 aromatic rings.